The fraction of sp³-hybridized carbons (Fsp3) is 0.276. The SMILES string of the molecule is COc1cc(C(C)NC(=O)c2nn(-c3ccc(C)cc3)c3c2CCC3)ccc1OCc1ccncc1. The van der Waals surface area contributed by atoms with Gasteiger partial charge in [-0.1, -0.05) is 23.8 Å². The molecule has 184 valence electrons. The Morgan fingerprint density at radius 2 is 1.83 bits per heavy atom. The molecule has 2 heterocycles. The highest BCUT2D eigenvalue weighted by atomic mass is 16.5. The maximum atomic E-state index is 13.3. The van der Waals surface area contributed by atoms with Crippen LogP contribution in [-0.4, -0.2) is 27.8 Å². The van der Waals surface area contributed by atoms with E-state index in [1.54, 1.807) is 19.5 Å². The molecule has 7 heteroatoms. The minimum absolute atomic E-state index is 0.163. The molecule has 1 aliphatic rings. The number of amides is 1. The molecule has 0 fully saturated rings. The molecule has 1 atom stereocenters. The van der Waals surface area contributed by atoms with Crippen molar-refractivity contribution < 1.29 is 14.3 Å². The number of hydrogen-bond acceptors (Lipinski definition) is 5. The van der Waals surface area contributed by atoms with E-state index >= 15 is 0 Å². The third kappa shape index (κ3) is 4.82. The van der Waals surface area contributed by atoms with Crippen LogP contribution in [0.25, 0.3) is 5.69 Å². The van der Waals surface area contributed by atoms with Crippen molar-refractivity contribution in [3.8, 4) is 17.2 Å². The van der Waals surface area contributed by atoms with Crippen LogP contribution in [0.4, 0.5) is 0 Å². The number of nitrogens with zero attached hydrogens (tertiary/aromatic N) is 3. The van der Waals surface area contributed by atoms with Gasteiger partial charge in [0.25, 0.3) is 5.91 Å². The highest BCUT2D eigenvalue weighted by molar-refractivity contribution is 5.94. The molecule has 0 bridgehead atoms. The van der Waals surface area contributed by atoms with Crippen LogP contribution in [0, 0.1) is 6.92 Å². The molecule has 0 spiro atoms. The Balaban J connectivity index is 1.32. The van der Waals surface area contributed by atoms with E-state index in [1.165, 1.54) is 5.56 Å². The van der Waals surface area contributed by atoms with Gasteiger partial charge in [-0.05, 0) is 80.6 Å². The molecular weight excluding hydrogens is 452 g/mol. The number of hydrogen-bond donors (Lipinski definition) is 1. The van der Waals surface area contributed by atoms with Gasteiger partial charge in [0.05, 0.1) is 18.8 Å². The van der Waals surface area contributed by atoms with E-state index in [4.69, 9.17) is 14.6 Å². The average Bonchev–Trinajstić information content (AvgIpc) is 3.52. The quantitative estimate of drug-likeness (QED) is 0.376. The lowest BCUT2D eigenvalue weighted by Crippen LogP contribution is -2.28. The van der Waals surface area contributed by atoms with Gasteiger partial charge in [0.15, 0.2) is 17.2 Å². The molecule has 1 amide bonds. The lowest BCUT2D eigenvalue weighted by molar-refractivity contribution is 0.0933. The summed E-state index contributed by atoms with van der Waals surface area (Å²) in [5, 5.41) is 7.86. The summed E-state index contributed by atoms with van der Waals surface area (Å²) in [6.45, 7) is 4.44. The number of nitrogens with one attached hydrogen (secondary N) is 1. The molecule has 5 rings (SSSR count). The minimum atomic E-state index is -0.234. The molecule has 0 saturated carbocycles. The molecule has 2 aromatic heterocycles. The van der Waals surface area contributed by atoms with Gasteiger partial charge in [-0.15, -0.1) is 0 Å². The largest absolute Gasteiger partial charge is 0.493 e. The number of carbonyl (C=O) groups is 1. The smallest absolute Gasteiger partial charge is 0.272 e. The van der Waals surface area contributed by atoms with E-state index in [1.807, 2.05) is 41.9 Å². The van der Waals surface area contributed by atoms with Gasteiger partial charge >= 0.3 is 0 Å². The summed E-state index contributed by atoms with van der Waals surface area (Å²) in [6, 6.07) is 17.6. The average molecular weight is 483 g/mol. The van der Waals surface area contributed by atoms with Crippen LogP contribution in [0.3, 0.4) is 0 Å². The van der Waals surface area contributed by atoms with Crippen molar-refractivity contribution in [2.24, 2.45) is 0 Å². The summed E-state index contributed by atoms with van der Waals surface area (Å²) >= 11 is 0. The summed E-state index contributed by atoms with van der Waals surface area (Å²) < 4.78 is 13.4. The Labute approximate surface area is 211 Å². The predicted octanol–water partition coefficient (Wildman–Crippen LogP) is 5.14. The van der Waals surface area contributed by atoms with Gasteiger partial charge in [-0.25, -0.2) is 4.68 Å². The van der Waals surface area contributed by atoms with Crippen LogP contribution in [0.1, 0.15) is 57.8 Å². The third-order valence-electron chi connectivity index (χ3n) is 6.60. The van der Waals surface area contributed by atoms with Crippen LogP contribution >= 0.6 is 0 Å². The number of benzene rings is 2. The Bertz CT molecular complexity index is 1360. The van der Waals surface area contributed by atoms with E-state index in [0.29, 0.717) is 23.8 Å². The second kappa shape index (κ2) is 10.2. The van der Waals surface area contributed by atoms with E-state index in [-0.39, 0.29) is 11.9 Å². The zero-order chi connectivity index (χ0) is 25.1. The van der Waals surface area contributed by atoms with Gasteiger partial charge in [-0.2, -0.15) is 5.10 Å². The van der Waals surface area contributed by atoms with Crippen LogP contribution in [0.5, 0.6) is 11.5 Å². The first-order chi connectivity index (χ1) is 17.5. The van der Waals surface area contributed by atoms with Gasteiger partial charge in [0.2, 0.25) is 0 Å². The molecule has 0 aliphatic heterocycles. The van der Waals surface area contributed by atoms with Crippen LogP contribution in [0.15, 0.2) is 67.0 Å². The van der Waals surface area contributed by atoms with Crippen LogP contribution in [0.2, 0.25) is 0 Å². The summed E-state index contributed by atoms with van der Waals surface area (Å²) in [4.78, 5) is 17.3. The molecule has 1 unspecified atom stereocenters. The molecule has 0 radical (unpaired) electrons. The topological polar surface area (TPSA) is 78.3 Å². The van der Waals surface area contributed by atoms with Crippen molar-refractivity contribution in [3.05, 3.63) is 101 Å². The lowest BCUT2D eigenvalue weighted by Gasteiger charge is -2.17. The number of aryl methyl sites for hydroxylation is 1. The predicted molar refractivity (Wildman–Crippen MR) is 138 cm³/mol. The second-order valence-electron chi connectivity index (χ2n) is 9.12. The highest BCUT2D eigenvalue weighted by Crippen LogP contribution is 2.32. The van der Waals surface area contributed by atoms with Crippen molar-refractivity contribution in [2.75, 3.05) is 7.11 Å². The van der Waals surface area contributed by atoms with E-state index in [2.05, 4.69) is 41.5 Å². The van der Waals surface area contributed by atoms with Crippen molar-refractivity contribution in [3.63, 3.8) is 0 Å². The number of ether oxygens (including phenoxy) is 2. The molecule has 4 aromatic rings. The lowest BCUT2D eigenvalue weighted by atomic mass is 10.1. The van der Waals surface area contributed by atoms with E-state index in [0.717, 1.165) is 47.3 Å². The summed E-state index contributed by atoms with van der Waals surface area (Å²) in [6.07, 6.45) is 6.31. The van der Waals surface area contributed by atoms with Crippen molar-refractivity contribution in [1.29, 1.82) is 0 Å². The number of carbonyl (C=O) groups excluding carboxylic acids is 1. The first kappa shape index (κ1) is 23.6. The Morgan fingerprint density at radius 1 is 1.06 bits per heavy atom. The highest BCUT2D eigenvalue weighted by Gasteiger charge is 2.27. The maximum Gasteiger partial charge on any atom is 0.272 e. The minimum Gasteiger partial charge on any atom is -0.493 e. The number of rotatable bonds is 8. The molecule has 0 saturated heterocycles. The first-order valence-corrected chi connectivity index (χ1v) is 12.2. The normalized spacial score (nSPS) is 13.2. The van der Waals surface area contributed by atoms with Gasteiger partial charge in [0, 0.05) is 23.7 Å². The number of methoxy groups -OCH3 is 1. The van der Waals surface area contributed by atoms with Gasteiger partial charge in [0.1, 0.15) is 6.61 Å². The van der Waals surface area contributed by atoms with E-state index < -0.39 is 0 Å². The van der Waals surface area contributed by atoms with Crippen molar-refractivity contribution in [1.82, 2.24) is 20.1 Å². The molecule has 1 aliphatic carbocycles. The zero-order valence-electron chi connectivity index (χ0n) is 20.8. The summed E-state index contributed by atoms with van der Waals surface area (Å²) in [5.74, 6) is 1.10. The summed E-state index contributed by atoms with van der Waals surface area (Å²) in [7, 11) is 1.61. The van der Waals surface area contributed by atoms with Crippen molar-refractivity contribution >= 4 is 5.91 Å². The van der Waals surface area contributed by atoms with Crippen molar-refractivity contribution in [2.45, 2.75) is 45.8 Å². The van der Waals surface area contributed by atoms with E-state index in [9.17, 15) is 4.79 Å². The van der Waals surface area contributed by atoms with Gasteiger partial charge < -0.3 is 14.8 Å². The second-order valence-corrected chi connectivity index (χ2v) is 9.12. The monoisotopic (exact) mass is 482 g/mol. The Hall–Kier alpha value is -4.13. The maximum absolute atomic E-state index is 13.3. The molecular formula is C29H30N4O3. The third-order valence-corrected chi connectivity index (χ3v) is 6.60. The standard InChI is InChI=1S/C29H30N4O3/c1-19-7-10-23(11-8-19)33-25-6-4-5-24(25)28(32-33)29(34)31-20(2)22-9-12-26(27(17-22)35-3)36-18-21-13-15-30-16-14-21/h7-17,20H,4-6,18H2,1-3H3,(H,31,34). The van der Waals surface area contributed by atoms with Gasteiger partial charge in [-0.3, -0.25) is 9.78 Å². The molecule has 36 heavy (non-hydrogen) atoms. The number of fused-ring (bicyclic) bond motifs is 1. The van der Waals surface area contributed by atoms with Crippen LogP contribution in [-0.2, 0) is 19.4 Å². The fourth-order valence-corrected chi connectivity index (χ4v) is 4.58. The number of pyridine rings is 1. The number of aromatic nitrogens is 3. The zero-order valence-corrected chi connectivity index (χ0v) is 20.8. The fourth-order valence-electron chi connectivity index (χ4n) is 4.58. The summed E-state index contributed by atoms with van der Waals surface area (Å²) in [5.41, 5.74) is 6.82. The molecule has 7 nitrogen and oxygen atoms in total. The Morgan fingerprint density at radius 3 is 2.58 bits per heavy atom. The molecule has 1 N–H and O–H groups in total. The first-order valence-electron chi connectivity index (χ1n) is 12.2. The molecule has 2 aromatic carbocycles. The Kier molecular flexibility index (Phi) is 6.71. The van der Waals surface area contributed by atoms with Crippen LogP contribution < -0.4 is 14.8 Å².